The van der Waals surface area contributed by atoms with Gasteiger partial charge in [-0.25, -0.2) is 13.2 Å². The van der Waals surface area contributed by atoms with E-state index in [1.165, 1.54) is 0 Å². The minimum absolute atomic E-state index is 0.465. The Morgan fingerprint density at radius 3 is 2.48 bits per heavy atom. The second-order valence-corrected chi connectivity index (χ2v) is 4.16. The molecule has 1 aliphatic heterocycles. The Kier molecular flexibility index (Phi) is 3.64. The number of carbonyl (C=O) groups is 1. The Balaban J connectivity index is 2.65. The van der Waals surface area contributed by atoms with Crippen molar-refractivity contribution < 1.29 is 40.6 Å². The highest BCUT2D eigenvalue weighted by Crippen LogP contribution is 2.46. The van der Waals surface area contributed by atoms with Gasteiger partial charge in [-0.05, 0) is 19.1 Å². The van der Waals surface area contributed by atoms with E-state index in [0.717, 1.165) is 6.92 Å². The number of alkyl halides is 4. The zero-order valence-corrected chi connectivity index (χ0v) is 10.4. The number of carbonyl (C=O) groups excluding carboxylic acids is 1. The maximum atomic E-state index is 14.0. The van der Waals surface area contributed by atoms with Gasteiger partial charge >= 0.3 is 12.0 Å². The summed E-state index contributed by atoms with van der Waals surface area (Å²) in [6.07, 6.45) is -8.78. The Morgan fingerprint density at radius 1 is 1.33 bits per heavy atom. The first-order chi connectivity index (χ1) is 9.65. The van der Waals surface area contributed by atoms with E-state index in [-0.39, 0.29) is 0 Å². The van der Waals surface area contributed by atoms with Crippen molar-refractivity contribution in [2.24, 2.45) is 0 Å². The molecule has 2 rings (SSSR count). The summed E-state index contributed by atoms with van der Waals surface area (Å²) >= 11 is 0. The van der Waals surface area contributed by atoms with E-state index in [1.807, 2.05) is 0 Å². The van der Waals surface area contributed by atoms with Gasteiger partial charge in [-0.3, -0.25) is 4.79 Å². The molecule has 2 unspecified atom stereocenters. The number of benzene rings is 1. The normalized spacial score (nSPS) is 25.5. The minimum atomic E-state index is -5.40. The highest BCUT2D eigenvalue weighted by atomic mass is 19.4. The Hall–Kier alpha value is -1.77. The molecule has 0 saturated heterocycles. The summed E-state index contributed by atoms with van der Waals surface area (Å²) in [5, 5.41) is 0. The highest BCUT2D eigenvalue weighted by Gasteiger charge is 2.69. The van der Waals surface area contributed by atoms with Crippen molar-refractivity contribution in [2.45, 2.75) is 25.1 Å². The molecule has 0 amide bonds. The van der Waals surface area contributed by atoms with Crippen molar-refractivity contribution in [3.63, 3.8) is 0 Å². The highest BCUT2D eigenvalue weighted by molar-refractivity contribution is 6.03. The van der Waals surface area contributed by atoms with E-state index in [0.29, 0.717) is 12.1 Å². The molecule has 0 saturated carbocycles. The van der Waals surface area contributed by atoms with E-state index in [1.54, 1.807) is 0 Å². The van der Waals surface area contributed by atoms with Gasteiger partial charge in [0.05, 0.1) is 0 Å². The third-order valence-electron chi connectivity index (χ3n) is 2.88. The van der Waals surface area contributed by atoms with Gasteiger partial charge in [0.2, 0.25) is 12.0 Å². The molecule has 3 nitrogen and oxygen atoms in total. The maximum absolute atomic E-state index is 14.0. The van der Waals surface area contributed by atoms with Crippen LogP contribution in [0.1, 0.15) is 17.3 Å². The van der Waals surface area contributed by atoms with Crippen LogP contribution in [0, 0.1) is 11.6 Å². The van der Waals surface area contributed by atoms with Gasteiger partial charge in [0.25, 0.3) is 0 Å². The van der Waals surface area contributed by atoms with Gasteiger partial charge < -0.3 is 9.47 Å². The van der Waals surface area contributed by atoms with Crippen LogP contribution in [0.2, 0.25) is 0 Å². The molecule has 0 spiro atoms. The Bertz CT molecular complexity index is 585. The van der Waals surface area contributed by atoms with Crippen LogP contribution in [-0.2, 0) is 4.74 Å². The molecule has 0 fully saturated rings. The van der Waals surface area contributed by atoms with Crippen LogP contribution in [0.15, 0.2) is 12.1 Å². The fourth-order valence-corrected chi connectivity index (χ4v) is 1.96. The number of rotatable bonds is 2. The first kappa shape index (κ1) is 15.6. The van der Waals surface area contributed by atoms with Crippen LogP contribution in [0.4, 0.5) is 26.3 Å². The molecule has 0 N–H and O–H groups in total. The van der Waals surface area contributed by atoms with Crippen LogP contribution in [0.25, 0.3) is 0 Å². The second-order valence-electron chi connectivity index (χ2n) is 4.16. The van der Waals surface area contributed by atoms with Crippen molar-refractivity contribution in [2.75, 3.05) is 6.61 Å². The zero-order chi connectivity index (χ0) is 16.0. The summed E-state index contributed by atoms with van der Waals surface area (Å²) < 4.78 is 88.4. The lowest BCUT2D eigenvalue weighted by Gasteiger charge is -2.40. The number of hydrogen-bond acceptors (Lipinski definition) is 3. The van der Waals surface area contributed by atoms with Crippen molar-refractivity contribution in [3.05, 3.63) is 29.3 Å². The molecule has 0 bridgehead atoms. The SMILES string of the molecule is CCOC1(C(F)(F)F)Oc2ccc(F)c(F)c2C(=O)C1F. The van der Waals surface area contributed by atoms with Crippen molar-refractivity contribution in [1.82, 2.24) is 0 Å². The molecule has 0 radical (unpaired) electrons. The monoisotopic (exact) mass is 314 g/mol. The number of hydrogen-bond donors (Lipinski definition) is 0. The van der Waals surface area contributed by atoms with Crippen LogP contribution in [0.5, 0.6) is 5.75 Å². The third-order valence-corrected chi connectivity index (χ3v) is 2.88. The molecule has 1 aromatic rings. The molecule has 2 atom stereocenters. The standard InChI is InChI=1S/C12H8F6O3/c1-2-20-11(12(16,17)18)10(15)9(19)7-6(21-11)4-3-5(13)8(7)14/h3-4,10H,2H2,1H3. The first-order valence-electron chi connectivity index (χ1n) is 5.71. The molecule has 1 aromatic carbocycles. The predicted molar refractivity (Wildman–Crippen MR) is 56.6 cm³/mol. The molecule has 116 valence electrons. The molecule has 1 heterocycles. The van der Waals surface area contributed by atoms with Crippen LogP contribution in [0.3, 0.4) is 0 Å². The zero-order valence-electron chi connectivity index (χ0n) is 10.4. The summed E-state index contributed by atoms with van der Waals surface area (Å²) in [5.41, 5.74) is -1.21. The topological polar surface area (TPSA) is 35.5 Å². The van der Waals surface area contributed by atoms with Crippen LogP contribution >= 0.6 is 0 Å². The summed E-state index contributed by atoms with van der Waals surface area (Å²) in [4.78, 5) is 11.7. The van der Waals surface area contributed by atoms with Crippen molar-refractivity contribution >= 4 is 5.78 Å². The average molecular weight is 314 g/mol. The molecule has 1 aliphatic rings. The van der Waals surface area contributed by atoms with Crippen molar-refractivity contribution in [3.8, 4) is 5.75 Å². The number of ether oxygens (including phenoxy) is 2. The van der Waals surface area contributed by atoms with Crippen molar-refractivity contribution in [1.29, 1.82) is 0 Å². The van der Waals surface area contributed by atoms with Crippen LogP contribution < -0.4 is 4.74 Å². The fraction of sp³-hybridized carbons (Fsp3) is 0.417. The van der Waals surface area contributed by atoms with Gasteiger partial charge in [0.1, 0.15) is 11.3 Å². The summed E-state index contributed by atoms with van der Waals surface area (Å²) in [5.74, 6) is -9.98. The molecular formula is C12H8F6O3. The molecule has 0 aromatic heterocycles. The van der Waals surface area contributed by atoms with E-state index >= 15 is 0 Å². The van der Waals surface area contributed by atoms with Gasteiger partial charge in [-0.1, -0.05) is 0 Å². The Morgan fingerprint density at radius 2 is 1.95 bits per heavy atom. The van der Waals surface area contributed by atoms with Crippen LogP contribution in [-0.4, -0.2) is 30.5 Å². The molecule has 0 aliphatic carbocycles. The number of halogens is 6. The number of fused-ring (bicyclic) bond motifs is 1. The van der Waals surface area contributed by atoms with Gasteiger partial charge in [0, 0.05) is 6.61 Å². The lowest BCUT2D eigenvalue weighted by atomic mass is 9.95. The maximum Gasteiger partial charge on any atom is 0.459 e. The summed E-state index contributed by atoms with van der Waals surface area (Å²) in [6.45, 7) is 0.515. The quantitative estimate of drug-likeness (QED) is 0.787. The molecular weight excluding hydrogens is 306 g/mol. The lowest BCUT2D eigenvalue weighted by molar-refractivity contribution is -0.366. The van der Waals surface area contributed by atoms with E-state index in [4.69, 9.17) is 0 Å². The molecule has 9 heteroatoms. The van der Waals surface area contributed by atoms with Gasteiger partial charge in [-0.2, -0.15) is 13.2 Å². The first-order valence-corrected chi connectivity index (χ1v) is 5.71. The number of ketones is 1. The van der Waals surface area contributed by atoms with Gasteiger partial charge in [-0.15, -0.1) is 0 Å². The molecule has 21 heavy (non-hydrogen) atoms. The lowest BCUT2D eigenvalue weighted by Crippen LogP contribution is -2.63. The smallest absolute Gasteiger partial charge is 0.450 e. The number of Topliss-reactive ketones (excluding diaryl/α,β-unsaturated/α-hetero) is 1. The summed E-state index contributed by atoms with van der Waals surface area (Å²) in [6, 6.07) is 1.07. The minimum Gasteiger partial charge on any atom is -0.450 e. The van der Waals surface area contributed by atoms with Gasteiger partial charge in [0.15, 0.2) is 11.6 Å². The third kappa shape index (κ3) is 2.15. The predicted octanol–water partition coefficient (Wildman–Crippen LogP) is 3.17. The average Bonchev–Trinajstić information content (AvgIpc) is 2.38. The fourth-order valence-electron chi connectivity index (χ4n) is 1.96. The van der Waals surface area contributed by atoms with E-state index in [9.17, 15) is 31.1 Å². The summed E-state index contributed by atoms with van der Waals surface area (Å²) in [7, 11) is 0. The Labute approximate surface area is 114 Å². The second kappa shape index (κ2) is 4.90. The largest absolute Gasteiger partial charge is 0.459 e. The van der Waals surface area contributed by atoms with E-state index in [2.05, 4.69) is 9.47 Å². The van der Waals surface area contributed by atoms with E-state index < -0.39 is 53.5 Å².